The van der Waals surface area contributed by atoms with Crippen molar-refractivity contribution in [3.63, 3.8) is 0 Å². The summed E-state index contributed by atoms with van der Waals surface area (Å²) in [6.07, 6.45) is 4.76. The molecular weight excluding hydrogens is 266 g/mol. The van der Waals surface area contributed by atoms with Crippen molar-refractivity contribution >= 4 is 17.2 Å². The fraction of sp³-hybridized carbons (Fsp3) is 0.375. The van der Waals surface area contributed by atoms with E-state index in [2.05, 4.69) is 17.6 Å². The Bertz CT molecular complexity index is 658. The van der Waals surface area contributed by atoms with Gasteiger partial charge in [0.05, 0.1) is 5.69 Å². The third kappa shape index (κ3) is 2.36. The second-order valence-corrected chi connectivity index (χ2v) is 5.81. The Morgan fingerprint density at radius 2 is 2.05 bits per heavy atom. The molecule has 1 aromatic heterocycles. The second kappa shape index (κ2) is 5.37. The van der Waals surface area contributed by atoms with Gasteiger partial charge in [0.15, 0.2) is 0 Å². The maximum atomic E-state index is 5.83. The monoisotopic (exact) mass is 285 g/mol. The minimum absolute atomic E-state index is 0.465. The molecule has 0 bridgehead atoms. The summed E-state index contributed by atoms with van der Waals surface area (Å²) in [5, 5.41) is 0. The Balaban J connectivity index is 2.00. The molecule has 3 rings (SSSR count). The molecule has 104 valence electrons. The molecule has 2 aromatic rings. The summed E-state index contributed by atoms with van der Waals surface area (Å²) in [5.41, 5.74) is 10.6. The van der Waals surface area contributed by atoms with Crippen LogP contribution in [0.15, 0.2) is 24.3 Å². The largest absolute Gasteiger partial charge is 0.389 e. The summed E-state index contributed by atoms with van der Waals surface area (Å²) in [4.78, 5) is 5.19. The van der Waals surface area contributed by atoms with Crippen LogP contribution in [0, 0.1) is 6.92 Å². The van der Waals surface area contributed by atoms with Gasteiger partial charge >= 0.3 is 0 Å². The van der Waals surface area contributed by atoms with Crippen LogP contribution in [0.4, 0.5) is 0 Å². The molecule has 1 aromatic carbocycles. The maximum absolute atomic E-state index is 5.83. The fourth-order valence-electron chi connectivity index (χ4n) is 3.01. The molecule has 0 aliphatic heterocycles. The van der Waals surface area contributed by atoms with E-state index >= 15 is 0 Å². The molecule has 0 fully saturated rings. The van der Waals surface area contributed by atoms with Crippen molar-refractivity contribution in [2.24, 2.45) is 5.73 Å². The topological polar surface area (TPSA) is 43.8 Å². The lowest BCUT2D eigenvalue weighted by Gasteiger charge is -2.16. The number of rotatable bonds is 3. The summed E-state index contributed by atoms with van der Waals surface area (Å²) in [6.45, 7) is 2.89. The van der Waals surface area contributed by atoms with Crippen molar-refractivity contribution in [2.45, 2.75) is 39.2 Å². The molecule has 0 saturated carbocycles. The van der Waals surface area contributed by atoms with E-state index in [1.54, 1.807) is 0 Å². The second-order valence-electron chi connectivity index (χ2n) is 5.37. The van der Waals surface area contributed by atoms with Crippen LogP contribution in [-0.4, -0.2) is 14.5 Å². The predicted octanol–water partition coefficient (Wildman–Crippen LogP) is 2.75. The minimum atomic E-state index is 0.465. The number of aromatic nitrogens is 2. The fourth-order valence-corrected chi connectivity index (χ4v) is 3.21. The van der Waals surface area contributed by atoms with Gasteiger partial charge in [0, 0.05) is 17.8 Å². The van der Waals surface area contributed by atoms with Gasteiger partial charge in [0.25, 0.3) is 0 Å². The number of fused-ring (bicyclic) bond motifs is 1. The van der Waals surface area contributed by atoms with Crippen LogP contribution < -0.4 is 5.73 Å². The van der Waals surface area contributed by atoms with Gasteiger partial charge in [-0.05, 0) is 38.2 Å². The van der Waals surface area contributed by atoms with Crippen LogP contribution in [-0.2, 0) is 19.4 Å². The van der Waals surface area contributed by atoms with Crippen molar-refractivity contribution in [3.8, 4) is 0 Å². The molecule has 0 spiro atoms. The molecule has 1 aliphatic carbocycles. The van der Waals surface area contributed by atoms with Gasteiger partial charge in [-0.25, -0.2) is 4.98 Å². The van der Waals surface area contributed by atoms with Crippen LogP contribution in [0.3, 0.4) is 0 Å². The van der Waals surface area contributed by atoms with Gasteiger partial charge in [-0.15, -0.1) is 0 Å². The minimum Gasteiger partial charge on any atom is -0.389 e. The number of nitrogens with zero attached hydrogens (tertiary/aromatic N) is 2. The average Bonchev–Trinajstić information content (AvgIpc) is 2.76. The van der Waals surface area contributed by atoms with E-state index in [-0.39, 0.29) is 0 Å². The van der Waals surface area contributed by atoms with Gasteiger partial charge in [-0.1, -0.05) is 36.5 Å². The molecular formula is C16H19N3S. The highest BCUT2D eigenvalue weighted by Gasteiger charge is 2.18. The van der Waals surface area contributed by atoms with Gasteiger partial charge in [0.1, 0.15) is 10.8 Å². The van der Waals surface area contributed by atoms with E-state index < -0.39 is 0 Å². The number of aryl methyl sites for hydroxylation is 2. The number of benzene rings is 1. The van der Waals surface area contributed by atoms with E-state index in [4.69, 9.17) is 22.9 Å². The smallest absolute Gasteiger partial charge is 0.106 e. The lowest BCUT2D eigenvalue weighted by molar-refractivity contribution is 0.624. The SMILES string of the molecule is Cc1nc2c(n1Cc1ccccc1C(N)=S)CCCC2. The summed E-state index contributed by atoms with van der Waals surface area (Å²) in [6, 6.07) is 8.11. The third-order valence-electron chi connectivity index (χ3n) is 4.03. The van der Waals surface area contributed by atoms with E-state index in [0.29, 0.717) is 4.99 Å². The number of hydrogen-bond acceptors (Lipinski definition) is 2. The number of imidazole rings is 1. The quantitative estimate of drug-likeness (QED) is 0.882. The molecule has 0 unspecified atom stereocenters. The molecule has 1 heterocycles. The Hall–Kier alpha value is -1.68. The predicted molar refractivity (Wildman–Crippen MR) is 85.0 cm³/mol. The number of nitrogens with two attached hydrogens (primary N) is 1. The lowest BCUT2D eigenvalue weighted by atomic mass is 10.0. The first kappa shape index (κ1) is 13.3. The molecule has 20 heavy (non-hydrogen) atoms. The molecule has 2 N–H and O–H groups in total. The molecule has 0 radical (unpaired) electrons. The molecule has 0 saturated heterocycles. The highest BCUT2D eigenvalue weighted by molar-refractivity contribution is 7.80. The average molecular weight is 285 g/mol. The van der Waals surface area contributed by atoms with E-state index in [0.717, 1.165) is 30.8 Å². The molecule has 4 heteroatoms. The van der Waals surface area contributed by atoms with Crippen LogP contribution >= 0.6 is 12.2 Å². The summed E-state index contributed by atoms with van der Waals surface area (Å²) in [5.74, 6) is 1.09. The van der Waals surface area contributed by atoms with Crippen molar-refractivity contribution in [2.75, 3.05) is 0 Å². The van der Waals surface area contributed by atoms with E-state index in [9.17, 15) is 0 Å². The zero-order valence-electron chi connectivity index (χ0n) is 11.7. The molecule has 1 aliphatic rings. The van der Waals surface area contributed by atoms with Crippen molar-refractivity contribution < 1.29 is 0 Å². The third-order valence-corrected chi connectivity index (χ3v) is 4.25. The van der Waals surface area contributed by atoms with Crippen LogP contribution in [0.25, 0.3) is 0 Å². The molecule has 3 nitrogen and oxygen atoms in total. The molecule has 0 amide bonds. The summed E-state index contributed by atoms with van der Waals surface area (Å²) >= 11 is 5.15. The molecule has 0 atom stereocenters. The van der Waals surface area contributed by atoms with Gasteiger partial charge in [-0.3, -0.25) is 0 Å². The highest BCUT2D eigenvalue weighted by Crippen LogP contribution is 2.23. The zero-order chi connectivity index (χ0) is 14.1. The van der Waals surface area contributed by atoms with Crippen LogP contribution in [0.1, 0.15) is 41.2 Å². The first-order chi connectivity index (χ1) is 9.66. The normalized spacial score (nSPS) is 14.1. The summed E-state index contributed by atoms with van der Waals surface area (Å²) < 4.78 is 2.33. The van der Waals surface area contributed by atoms with Crippen LogP contribution in [0.5, 0.6) is 0 Å². The number of hydrogen-bond donors (Lipinski definition) is 1. The Morgan fingerprint density at radius 3 is 2.85 bits per heavy atom. The van der Waals surface area contributed by atoms with Gasteiger partial charge in [0.2, 0.25) is 0 Å². The van der Waals surface area contributed by atoms with Gasteiger partial charge in [-0.2, -0.15) is 0 Å². The van der Waals surface area contributed by atoms with Gasteiger partial charge < -0.3 is 10.3 Å². The lowest BCUT2D eigenvalue weighted by Crippen LogP contribution is -2.16. The van der Waals surface area contributed by atoms with Crippen molar-refractivity contribution in [1.29, 1.82) is 0 Å². The van der Waals surface area contributed by atoms with Crippen molar-refractivity contribution in [1.82, 2.24) is 9.55 Å². The standard InChI is InChI=1S/C16H19N3S/c1-11-18-14-8-4-5-9-15(14)19(11)10-12-6-2-3-7-13(12)16(17)20/h2-3,6-7H,4-5,8-10H2,1H3,(H2,17,20). The Morgan fingerprint density at radius 1 is 1.30 bits per heavy atom. The zero-order valence-corrected chi connectivity index (χ0v) is 12.5. The first-order valence-electron chi connectivity index (χ1n) is 7.09. The van der Waals surface area contributed by atoms with Crippen LogP contribution in [0.2, 0.25) is 0 Å². The van der Waals surface area contributed by atoms with E-state index in [1.807, 2.05) is 18.2 Å². The maximum Gasteiger partial charge on any atom is 0.106 e. The Kier molecular flexibility index (Phi) is 3.57. The van der Waals surface area contributed by atoms with Crippen molar-refractivity contribution in [3.05, 3.63) is 52.6 Å². The number of thiocarbonyl (C=S) groups is 1. The van der Waals surface area contributed by atoms with E-state index in [1.165, 1.54) is 29.8 Å². The Labute approximate surface area is 124 Å². The highest BCUT2D eigenvalue weighted by atomic mass is 32.1. The first-order valence-corrected chi connectivity index (χ1v) is 7.50. The summed E-state index contributed by atoms with van der Waals surface area (Å²) in [7, 11) is 0.